The molecule has 0 saturated carbocycles. The predicted molar refractivity (Wildman–Crippen MR) is 67.4 cm³/mol. The van der Waals surface area contributed by atoms with E-state index in [-0.39, 0.29) is 0 Å². The zero-order chi connectivity index (χ0) is 13.1. The Morgan fingerprint density at radius 3 is 2.72 bits per heavy atom. The number of nitro groups is 1. The first kappa shape index (κ1) is 12.0. The van der Waals surface area contributed by atoms with Crippen LogP contribution < -0.4 is 9.47 Å². The van der Waals surface area contributed by atoms with E-state index in [4.69, 9.17) is 9.47 Å². The molecule has 94 valence electrons. The maximum atomic E-state index is 10.3. The van der Waals surface area contributed by atoms with Crippen molar-refractivity contribution in [3.63, 3.8) is 0 Å². The molecule has 2 aromatic rings. The maximum absolute atomic E-state index is 10.3. The number of nitrogens with one attached hydrogen (secondary N) is 1. The van der Waals surface area contributed by atoms with Crippen LogP contribution in [0.1, 0.15) is 5.56 Å². The van der Waals surface area contributed by atoms with Gasteiger partial charge in [0, 0.05) is 23.2 Å². The molecule has 0 spiro atoms. The summed E-state index contributed by atoms with van der Waals surface area (Å²) in [5, 5.41) is 11.2. The molecule has 0 unspecified atom stereocenters. The number of fused-ring (bicyclic) bond motifs is 1. The molecule has 6 heteroatoms. The van der Waals surface area contributed by atoms with Gasteiger partial charge in [-0.15, -0.1) is 0 Å². The van der Waals surface area contributed by atoms with Crippen LogP contribution in [0, 0.1) is 10.1 Å². The quantitative estimate of drug-likeness (QED) is 0.665. The standard InChI is InChI=1S/C12H12N2O4/c1-17-10-4-3-9-8(5-6-14(15)16)7-13-11(9)12(10)18-2/h3-7,13H,1-2H3/b6-5+. The molecular formula is C12H12N2O4. The first-order valence-electron chi connectivity index (χ1n) is 5.21. The van der Waals surface area contributed by atoms with E-state index in [1.165, 1.54) is 6.08 Å². The molecule has 0 amide bonds. The van der Waals surface area contributed by atoms with Crippen molar-refractivity contribution in [3.8, 4) is 11.5 Å². The third-order valence-corrected chi connectivity index (χ3v) is 2.60. The van der Waals surface area contributed by atoms with Crippen LogP contribution in [0.4, 0.5) is 0 Å². The van der Waals surface area contributed by atoms with Crippen molar-refractivity contribution >= 4 is 17.0 Å². The van der Waals surface area contributed by atoms with Crippen LogP contribution in [-0.4, -0.2) is 24.1 Å². The number of rotatable bonds is 4. The van der Waals surface area contributed by atoms with Gasteiger partial charge in [0.25, 0.3) is 0 Å². The van der Waals surface area contributed by atoms with Gasteiger partial charge in [0.05, 0.1) is 24.7 Å². The van der Waals surface area contributed by atoms with Crippen molar-refractivity contribution in [3.05, 3.63) is 40.2 Å². The van der Waals surface area contributed by atoms with E-state index < -0.39 is 4.92 Å². The summed E-state index contributed by atoms with van der Waals surface area (Å²) in [6.45, 7) is 0. The van der Waals surface area contributed by atoms with Crippen molar-refractivity contribution in [1.29, 1.82) is 0 Å². The highest BCUT2D eigenvalue weighted by molar-refractivity contribution is 5.94. The summed E-state index contributed by atoms with van der Waals surface area (Å²) in [6.07, 6.45) is 4.02. The highest BCUT2D eigenvalue weighted by Crippen LogP contribution is 2.36. The number of benzene rings is 1. The van der Waals surface area contributed by atoms with Gasteiger partial charge in [-0.25, -0.2) is 0 Å². The van der Waals surface area contributed by atoms with Gasteiger partial charge in [-0.2, -0.15) is 0 Å². The molecule has 1 aromatic carbocycles. The number of methoxy groups -OCH3 is 2. The summed E-state index contributed by atoms with van der Waals surface area (Å²) in [6, 6.07) is 3.59. The van der Waals surface area contributed by atoms with Crippen LogP contribution in [0.3, 0.4) is 0 Å². The molecule has 1 heterocycles. The highest BCUT2D eigenvalue weighted by atomic mass is 16.6. The zero-order valence-corrected chi connectivity index (χ0v) is 9.97. The Kier molecular flexibility index (Phi) is 3.18. The van der Waals surface area contributed by atoms with Crippen molar-refractivity contribution in [2.75, 3.05) is 14.2 Å². The van der Waals surface area contributed by atoms with E-state index in [2.05, 4.69) is 4.98 Å². The minimum absolute atomic E-state index is 0.500. The first-order chi connectivity index (χ1) is 8.67. The Morgan fingerprint density at radius 1 is 1.33 bits per heavy atom. The van der Waals surface area contributed by atoms with Gasteiger partial charge >= 0.3 is 0 Å². The summed E-state index contributed by atoms with van der Waals surface area (Å²) in [7, 11) is 3.10. The maximum Gasteiger partial charge on any atom is 0.235 e. The molecule has 0 saturated heterocycles. The van der Waals surface area contributed by atoms with Crippen molar-refractivity contribution < 1.29 is 14.4 Å². The molecule has 0 aliphatic carbocycles. The lowest BCUT2D eigenvalue weighted by Gasteiger charge is -2.07. The molecule has 1 N–H and O–H groups in total. The third-order valence-electron chi connectivity index (χ3n) is 2.60. The fourth-order valence-electron chi connectivity index (χ4n) is 1.82. The fraction of sp³-hybridized carbons (Fsp3) is 0.167. The fourth-order valence-corrected chi connectivity index (χ4v) is 1.82. The SMILES string of the molecule is COc1ccc2c(/C=C/[N+](=O)[O-])c[nH]c2c1OC. The summed E-state index contributed by atoms with van der Waals surface area (Å²) in [4.78, 5) is 12.8. The second-order valence-electron chi connectivity index (χ2n) is 3.57. The van der Waals surface area contributed by atoms with Crippen molar-refractivity contribution in [1.82, 2.24) is 4.98 Å². The minimum Gasteiger partial charge on any atom is -0.493 e. The molecule has 1 aromatic heterocycles. The smallest absolute Gasteiger partial charge is 0.235 e. The Bertz CT molecular complexity index is 616. The van der Waals surface area contributed by atoms with Gasteiger partial charge in [0.2, 0.25) is 6.20 Å². The van der Waals surface area contributed by atoms with Gasteiger partial charge in [-0.05, 0) is 12.1 Å². The predicted octanol–water partition coefficient (Wildman–Crippen LogP) is 2.43. The number of hydrogen-bond donors (Lipinski definition) is 1. The van der Waals surface area contributed by atoms with E-state index in [1.54, 1.807) is 26.5 Å². The molecule has 18 heavy (non-hydrogen) atoms. The molecule has 0 fully saturated rings. The Morgan fingerprint density at radius 2 is 2.11 bits per heavy atom. The lowest BCUT2D eigenvalue weighted by molar-refractivity contribution is -0.400. The Balaban J connectivity index is 2.58. The number of nitrogens with zero attached hydrogens (tertiary/aromatic N) is 1. The number of aromatic amines is 1. The van der Waals surface area contributed by atoms with Gasteiger partial charge in [0.15, 0.2) is 11.5 Å². The number of H-pyrrole nitrogens is 1. The second kappa shape index (κ2) is 4.79. The molecule has 0 aliphatic rings. The molecule has 2 rings (SSSR count). The number of ether oxygens (including phenoxy) is 2. The van der Waals surface area contributed by atoms with Crippen LogP contribution in [0.25, 0.3) is 17.0 Å². The van der Waals surface area contributed by atoms with Crippen LogP contribution in [0.5, 0.6) is 11.5 Å². The normalized spacial score (nSPS) is 11.0. The largest absolute Gasteiger partial charge is 0.493 e. The van der Waals surface area contributed by atoms with Crippen LogP contribution in [-0.2, 0) is 0 Å². The minimum atomic E-state index is -0.500. The number of aromatic nitrogens is 1. The van der Waals surface area contributed by atoms with Crippen molar-refractivity contribution in [2.45, 2.75) is 0 Å². The first-order valence-corrected chi connectivity index (χ1v) is 5.21. The molecule has 0 aliphatic heterocycles. The molecule has 0 atom stereocenters. The monoisotopic (exact) mass is 248 g/mol. The summed E-state index contributed by atoms with van der Waals surface area (Å²) in [5.41, 5.74) is 1.47. The molecule has 6 nitrogen and oxygen atoms in total. The highest BCUT2D eigenvalue weighted by Gasteiger charge is 2.12. The van der Waals surface area contributed by atoms with Crippen LogP contribution >= 0.6 is 0 Å². The second-order valence-corrected chi connectivity index (χ2v) is 3.57. The Labute approximate surface area is 103 Å². The zero-order valence-electron chi connectivity index (χ0n) is 9.97. The lowest BCUT2D eigenvalue weighted by Crippen LogP contribution is -1.91. The summed E-state index contributed by atoms with van der Waals surface area (Å²) < 4.78 is 10.5. The van der Waals surface area contributed by atoms with Crippen LogP contribution in [0.2, 0.25) is 0 Å². The number of hydrogen-bond acceptors (Lipinski definition) is 4. The summed E-state index contributed by atoms with van der Waals surface area (Å²) in [5.74, 6) is 1.19. The molecular weight excluding hydrogens is 236 g/mol. The van der Waals surface area contributed by atoms with Gasteiger partial charge in [-0.3, -0.25) is 10.1 Å². The third kappa shape index (κ3) is 2.00. The summed E-state index contributed by atoms with van der Waals surface area (Å²) >= 11 is 0. The van der Waals surface area contributed by atoms with E-state index in [1.807, 2.05) is 6.07 Å². The van der Waals surface area contributed by atoms with Gasteiger partial charge in [-0.1, -0.05) is 0 Å². The van der Waals surface area contributed by atoms with Gasteiger partial charge in [0.1, 0.15) is 0 Å². The van der Waals surface area contributed by atoms with E-state index in [0.717, 1.165) is 22.7 Å². The van der Waals surface area contributed by atoms with E-state index >= 15 is 0 Å². The van der Waals surface area contributed by atoms with Crippen molar-refractivity contribution in [2.24, 2.45) is 0 Å². The molecule has 0 bridgehead atoms. The van der Waals surface area contributed by atoms with Gasteiger partial charge < -0.3 is 14.5 Å². The van der Waals surface area contributed by atoms with Crippen LogP contribution in [0.15, 0.2) is 24.5 Å². The molecule has 0 radical (unpaired) electrons. The Hall–Kier alpha value is -2.50. The van der Waals surface area contributed by atoms with E-state index in [0.29, 0.717) is 11.5 Å². The topological polar surface area (TPSA) is 77.4 Å². The lowest BCUT2D eigenvalue weighted by atomic mass is 10.1. The average molecular weight is 248 g/mol. The van der Waals surface area contributed by atoms with E-state index in [9.17, 15) is 10.1 Å². The average Bonchev–Trinajstić information content (AvgIpc) is 2.78.